The maximum atomic E-state index is 14.1. The fourth-order valence-corrected chi connectivity index (χ4v) is 4.83. The van der Waals surface area contributed by atoms with E-state index in [-0.39, 0.29) is 11.3 Å². The molecule has 1 amide bonds. The SMILES string of the molecule is O=C1C(c2cccnc2)=C(c2cc(F)cc(F)c2)c2ccc(OCCCN3CCN(C(=O)O)CC3)cc21. The van der Waals surface area contributed by atoms with Crippen molar-refractivity contribution in [3.05, 3.63) is 94.8 Å². The van der Waals surface area contributed by atoms with E-state index in [4.69, 9.17) is 9.84 Å². The Morgan fingerprint density at radius 1 is 0.946 bits per heavy atom. The van der Waals surface area contributed by atoms with Crippen LogP contribution in [0.2, 0.25) is 0 Å². The van der Waals surface area contributed by atoms with Crippen LogP contribution < -0.4 is 4.74 Å². The number of Topliss-reactive ketones (excluding diaryl/α,β-unsaturated/α-hetero) is 1. The Bertz CT molecular complexity index is 1350. The average Bonchev–Trinajstić information content (AvgIpc) is 3.18. The molecule has 7 nitrogen and oxygen atoms in total. The number of carboxylic acid groups (broad SMARTS) is 1. The summed E-state index contributed by atoms with van der Waals surface area (Å²) in [5.41, 5.74) is 2.62. The molecule has 0 spiro atoms. The first kappa shape index (κ1) is 24.6. The Labute approximate surface area is 212 Å². The molecular formula is C28H25F2N3O4. The first-order valence-corrected chi connectivity index (χ1v) is 12.0. The van der Waals surface area contributed by atoms with E-state index in [0.29, 0.717) is 66.4 Å². The number of pyridine rings is 1. The normalized spacial score (nSPS) is 15.7. The molecule has 5 rings (SSSR count). The van der Waals surface area contributed by atoms with Gasteiger partial charge in [0.15, 0.2) is 5.78 Å². The van der Waals surface area contributed by atoms with Crippen molar-refractivity contribution in [3.63, 3.8) is 0 Å². The average molecular weight is 506 g/mol. The van der Waals surface area contributed by atoms with Gasteiger partial charge in [-0.3, -0.25) is 14.7 Å². The lowest BCUT2D eigenvalue weighted by molar-refractivity contribution is 0.103. The summed E-state index contributed by atoms with van der Waals surface area (Å²) in [7, 11) is 0. The minimum atomic E-state index is -0.888. The van der Waals surface area contributed by atoms with Gasteiger partial charge >= 0.3 is 6.09 Å². The number of ether oxygens (including phenoxy) is 1. The van der Waals surface area contributed by atoms with Crippen molar-refractivity contribution in [3.8, 4) is 5.75 Å². The summed E-state index contributed by atoms with van der Waals surface area (Å²) in [6, 6.07) is 11.9. The standard InChI is InChI=1S/C28H25F2N3O4/c29-20-13-19(14-21(30)15-20)25-23-5-4-22(16-24(23)27(34)26(25)18-3-1-6-31-17-18)37-12-2-7-32-8-10-33(11-9-32)28(35)36/h1,3-6,13-17H,2,7-12H2,(H,35,36). The molecule has 2 aromatic carbocycles. The number of hydrogen-bond donors (Lipinski definition) is 1. The third-order valence-corrected chi connectivity index (χ3v) is 6.61. The van der Waals surface area contributed by atoms with Crippen LogP contribution >= 0.6 is 0 Å². The fraction of sp³-hybridized carbons (Fsp3) is 0.250. The second kappa shape index (κ2) is 10.5. The summed E-state index contributed by atoms with van der Waals surface area (Å²) in [5, 5.41) is 9.06. The van der Waals surface area contributed by atoms with Crippen LogP contribution in [0.3, 0.4) is 0 Å². The number of benzene rings is 2. The zero-order valence-electron chi connectivity index (χ0n) is 20.0. The third kappa shape index (κ3) is 5.22. The van der Waals surface area contributed by atoms with E-state index >= 15 is 0 Å². The molecule has 2 heterocycles. The number of nitrogens with zero attached hydrogens (tertiary/aromatic N) is 3. The number of carbonyl (C=O) groups excluding carboxylic acids is 1. The number of aromatic nitrogens is 1. The molecule has 0 unspecified atom stereocenters. The van der Waals surface area contributed by atoms with Crippen molar-refractivity contribution in [2.75, 3.05) is 39.3 Å². The van der Waals surface area contributed by atoms with E-state index < -0.39 is 17.7 Å². The maximum absolute atomic E-state index is 14.1. The molecule has 2 aliphatic rings. The van der Waals surface area contributed by atoms with Crippen LogP contribution in [-0.2, 0) is 0 Å². The predicted molar refractivity (Wildman–Crippen MR) is 133 cm³/mol. The van der Waals surface area contributed by atoms with Gasteiger partial charge in [-0.15, -0.1) is 0 Å². The maximum Gasteiger partial charge on any atom is 0.407 e. The van der Waals surface area contributed by atoms with Crippen LogP contribution in [0.25, 0.3) is 11.1 Å². The monoisotopic (exact) mass is 505 g/mol. The van der Waals surface area contributed by atoms with Crippen LogP contribution in [0.4, 0.5) is 13.6 Å². The quantitative estimate of drug-likeness (QED) is 0.474. The van der Waals surface area contributed by atoms with Gasteiger partial charge < -0.3 is 14.7 Å². The van der Waals surface area contributed by atoms with Gasteiger partial charge in [0.25, 0.3) is 0 Å². The summed E-state index contributed by atoms with van der Waals surface area (Å²) in [6.45, 7) is 3.56. The topological polar surface area (TPSA) is 83.0 Å². The van der Waals surface area contributed by atoms with E-state index in [1.165, 1.54) is 17.0 Å². The highest BCUT2D eigenvalue weighted by Gasteiger charge is 2.32. The lowest BCUT2D eigenvalue weighted by atomic mass is 9.95. The highest BCUT2D eigenvalue weighted by atomic mass is 19.1. The Hall–Kier alpha value is -4.11. The zero-order valence-corrected chi connectivity index (χ0v) is 20.0. The summed E-state index contributed by atoms with van der Waals surface area (Å²) in [6.07, 6.45) is 3.00. The van der Waals surface area contributed by atoms with Crippen LogP contribution in [-0.4, -0.2) is 71.1 Å². The molecule has 1 aliphatic heterocycles. The van der Waals surface area contributed by atoms with E-state index in [1.54, 1.807) is 42.7 Å². The molecule has 37 heavy (non-hydrogen) atoms. The second-order valence-electron chi connectivity index (χ2n) is 9.00. The number of carbonyl (C=O) groups is 2. The van der Waals surface area contributed by atoms with Crippen molar-refractivity contribution < 1.29 is 28.2 Å². The number of amides is 1. The smallest absolute Gasteiger partial charge is 0.407 e. The summed E-state index contributed by atoms with van der Waals surface area (Å²) in [5.74, 6) is -1.18. The van der Waals surface area contributed by atoms with Crippen molar-refractivity contribution >= 4 is 23.0 Å². The minimum absolute atomic E-state index is 0.260. The second-order valence-corrected chi connectivity index (χ2v) is 9.00. The molecule has 0 saturated carbocycles. The number of halogens is 2. The van der Waals surface area contributed by atoms with E-state index in [9.17, 15) is 18.4 Å². The van der Waals surface area contributed by atoms with Crippen molar-refractivity contribution in [2.45, 2.75) is 6.42 Å². The van der Waals surface area contributed by atoms with Crippen LogP contribution in [0.5, 0.6) is 5.75 Å². The number of allylic oxidation sites excluding steroid dienone is 1. The lowest BCUT2D eigenvalue weighted by Gasteiger charge is -2.32. The zero-order chi connectivity index (χ0) is 25.9. The first-order valence-electron chi connectivity index (χ1n) is 12.0. The summed E-state index contributed by atoms with van der Waals surface area (Å²) in [4.78, 5) is 32.3. The number of piperazine rings is 1. The van der Waals surface area contributed by atoms with Crippen molar-refractivity contribution in [1.29, 1.82) is 0 Å². The predicted octanol–water partition coefficient (Wildman–Crippen LogP) is 4.58. The van der Waals surface area contributed by atoms with Gasteiger partial charge in [-0.05, 0) is 53.9 Å². The molecule has 0 bridgehead atoms. The Morgan fingerprint density at radius 2 is 1.70 bits per heavy atom. The molecule has 1 aromatic heterocycles. The van der Waals surface area contributed by atoms with E-state index in [1.807, 2.05) is 0 Å². The number of ketones is 1. The lowest BCUT2D eigenvalue weighted by Crippen LogP contribution is -2.48. The van der Waals surface area contributed by atoms with Gasteiger partial charge in [-0.1, -0.05) is 6.07 Å². The Balaban J connectivity index is 1.32. The molecule has 1 saturated heterocycles. The van der Waals surface area contributed by atoms with E-state index in [2.05, 4.69) is 9.88 Å². The van der Waals surface area contributed by atoms with Gasteiger partial charge in [0.1, 0.15) is 17.4 Å². The van der Waals surface area contributed by atoms with E-state index in [0.717, 1.165) is 19.0 Å². The molecule has 190 valence electrons. The highest BCUT2D eigenvalue weighted by Crippen LogP contribution is 2.43. The van der Waals surface area contributed by atoms with Crippen molar-refractivity contribution in [1.82, 2.24) is 14.8 Å². The van der Waals surface area contributed by atoms with Crippen LogP contribution in [0.1, 0.15) is 33.5 Å². The molecular weight excluding hydrogens is 480 g/mol. The number of fused-ring (bicyclic) bond motifs is 1. The van der Waals surface area contributed by atoms with Crippen LogP contribution in [0.15, 0.2) is 60.9 Å². The van der Waals surface area contributed by atoms with Gasteiger partial charge in [-0.25, -0.2) is 13.6 Å². The van der Waals surface area contributed by atoms with Gasteiger partial charge in [-0.2, -0.15) is 0 Å². The molecule has 0 radical (unpaired) electrons. The minimum Gasteiger partial charge on any atom is -0.494 e. The Kier molecular flexibility index (Phi) is 6.96. The number of rotatable bonds is 7. The molecule has 1 aliphatic carbocycles. The summed E-state index contributed by atoms with van der Waals surface area (Å²) < 4.78 is 34.1. The number of hydrogen-bond acceptors (Lipinski definition) is 5. The van der Waals surface area contributed by atoms with Gasteiger partial charge in [0, 0.05) is 73.5 Å². The highest BCUT2D eigenvalue weighted by molar-refractivity contribution is 6.41. The molecule has 3 aromatic rings. The van der Waals surface area contributed by atoms with Gasteiger partial charge in [0.05, 0.1) is 6.61 Å². The molecule has 1 fully saturated rings. The van der Waals surface area contributed by atoms with Crippen LogP contribution in [0, 0.1) is 11.6 Å². The molecule has 9 heteroatoms. The largest absolute Gasteiger partial charge is 0.494 e. The van der Waals surface area contributed by atoms with Crippen molar-refractivity contribution in [2.24, 2.45) is 0 Å². The first-order chi connectivity index (χ1) is 17.9. The fourth-order valence-electron chi connectivity index (χ4n) is 4.83. The third-order valence-electron chi connectivity index (χ3n) is 6.61. The molecule has 1 N–H and O–H groups in total. The Morgan fingerprint density at radius 3 is 2.38 bits per heavy atom. The summed E-state index contributed by atoms with van der Waals surface area (Å²) >= 11 is 0. The molecule has 0 atom stereocenters. The van der Waals surface area contributed by atoms with Gasteiger partial charge in [0.2, 0.25) is 0 Å².